The maximum absolute atomic E-state index is 12.5. The first-order valence-corrected chi connectivity index (χ1v) is 9.36. The number of likely N-dealkylation sites (tertiary alicyclic amines) is 2. The van der Waals surface area contributed by atoms with Crippen LogP contribution in [-0.4, -0.2) is 66.4 Å². The number of piperidine rings is 1. The summed E-state index contributed by atoms with van der Waals surface area (Å²) in [6.07, 6.45) is -0.126. The molecule has 0 saturated carbocycles. The van der Waals surface area contributed by atoms with Crippen molar-refractivity contribution in [1.29, 1.82) is 0 Å². The molecular formula is C19H27F3N2O2. The van der Waals surface area contributed by atoms with Gasteiger partial charge in [0.2, 0.25) is 0 Å². The lowest BCUT2D eigenvalue weighted by molar-refractivity contribution is -0.137. The van der Waals surface area contributed by atoms with Gasteiger partial charge in [-0.2, -0.15) is 13.2 Å². The third-order valence-electron chi connectivity index (χ3n) is 5.31. The predicted molar refractivity (Wildman–Crippen MR) is 93.2 cm³/mol. The molecule has 0 aromatic heterocycles. The number of β-amino-alcohol motifs (C(OH)–C–C–N with tert-alkyl or cyclic N) is 1. The van der Waals surface area contributed by atoms with E-state index < -0.39 is 17.8 Å². The van der Waals surface area contributed by atoms with Crippen LogP contribution in [0.2, 0.25) is 0 Å². The van der Waals surface area contributed by atoms with Gasteiger partial charge in [0.05, 0.1) is 5.56 Å². The fourth-order valence-electron chi connectivity index (χ4n) is 3.86. The fraction of sp³-hybridized carbons (Fsp3) is 0.684. The van der Waals surface area contributed by atoms with E-state index in [0.717, 1.165) is 38.1 Å². The van der Waals surface area contributed by atoms with Gasteiger partial charge in [0, 0.05) is 12.6 Å². The first-order valence-electron chi connectivity index (χ1n) is 9.36. The number of halogens is 3. The molecule has 1 N–H and O–H groups in total. The fourth-order valence-corrected chi connectivity index (χ4v) is 3.86. The van der Waals surface area contributed by atoms with Crippen LogP contribution < -0.4 is 4.74 Å². The summed E-state index contributed by atoms with van der Waals surface area (Å²) < 4.78 is 43.0. The molecule has 2 aliphatic rings. The Hall–Kier alpha value is -1.31. The van der Waals surface area contributed by atoms with Crippen LogP contribution in [0.1, 0.15) is 31.2 Å². The molecule has 1 unspecified atom stereocenters. The maximum atomic E-state index is 12.5. The second-order valence-electron chi connectivity index (χ2n) is 7.26. The molecular weight excluding hydrogens is 345 g/mol. The number of aliphatic hydroxyl groups is 1. The number of nitrogens with zero attached hydrogens (tertiary/aromatic N) is 2. The lowest BCUT2D eigenvalue weighted by atomic mass is 10.0. The molecule has 2 fully saturated rings. The standard InChI is InChI=1S/C19H27F3N2O2/c20-19(21,22)15-3-5-18(6-4-15)26-14-17(25)13-23-11-7-16(8-12-23)24-9-1-2-10-24/h3-6,16-17,25H,1-2,7-14H2. The van der Waals surface area contributed by atoms with Crippen molar-refractivity contribution in [3.05, 3.63) is 29.8 Å². The molecule has 146 valence electrons. The minimum absolute atomic E-state index is 0.0808. The average Bonchev–Trinajstić information content (AvgIpc) is 3.15. The third kappa shape index (κ3) is 5.34. The monoisotopic (exact) mass is 372 g/mol. The molecule has 1 aromatic rings. The number of aliphatic hydroxyl groups excluding tert-OH is 1. The first kappa shape index (κ1) is 19.5. The molecule has 0 aliphatic carbocycles. The van der Waals surface area contributed by atoms with E-state index in [-0.39, 0.29) is 6.61 Å². The van der Waals surface area contributed by atoms with E-state index in [2.05, 4.69) is 9.80 Å². The van der Waals surface area contributed by atoms with Crippen LogP contribution in [0.25, 0.3) is 0 Å². The Morgan fingerprint density at radius 3 is 2.23 bits per heavy atom. The van der Waals surface area contributed by atoms with Gasteiger partial charge in [0.15, 0.2) is 0 Å². The van der Waals surface area contributed by atoms with Gasteiger partial charge in [-0.3, -0.25) is 0 Å². The summed E-state index contributed by atoms with van der Waals surface area (Å²) in [6, 6.07) is 5.23. The summed E-state index contributed by atoms with van der Waals surface area (Å²) in [7, 11) is 0. The zero-order chi connectivity index (χ0) is 18.6. The highest BCUT2D eigenvalue weighted by atomic mass is 19.4. The van der Waals surface area contributed by atoms with Gasteiger partial charge >= 0.3 is 6.18 Å². The van der Waals surface area contributed by atoms with Crippen LogP contribution >= 0.6 is 0 Å². The molecule has 26 heavy (non-hydrogen) atoms. The zero-order valence-corrected chi connectivity index (χ0v) is 14.9. The summed E-state index contributed by atoms with van der Waals surface area (Å²) in [4.78, 5) is 4.83. The van der Waals surface area contributed by atoms with Gasteiger partial charge < -0.3 is 19.6 Å². The summed E-state index contributed by atoms with van der Waals surface area (Å²) in [6.45, 7) is 4.99. The Balaban J connectivity index is 1.37. The lowest BCUT2D eigenvalue weighted by Crippen LogP contribution is -2.46. The quantitative estimate of drug-likeness (QED) is 0.833. The number of rotatable bonds is 6. The number of hydrogen-bond acceptors (Lipinski definition) is 4. The van der Waals surface area contributed by atoms with Crippen molar-refractivity contribution >= 4 is 0 Å². The van der Waals surface area contributed by atoms with Crippen LogP contribution in [0.4, 0.5) is 13.2 Å². The molecule has 2 heterocycles. The largest absolute Gasteiger partial charge is 0.491 e. The van der Waals surface area contributed by atoms with Gasteiger partial charge in [-0.05, 0) is 76.1 Å². The van der Waals surface area contributed by atoms with E-state index in [1.54, 1.807) is 0 Å². The molecule has 0 radical (unpaired) electrons. The molecule has 0 amide bonds. The van der Waals surface area contributed by atoms with Crippen molar-refractivity contribution in [2.45, 2.75) is 44.0 Å². The highest BCUT2D eigenvalue weighted by molar-refractivity contribution is 5.28. The molecule has 1 aromatic carbocycles. The summed E-state index contributed by atoms with van der Waals surface area (Å²) in [5.74, 6) is 0.338. The van der Waals surface area contributed by atoms with E-state index in [4.69, 9.17) is 4.74 Å². The molecule has 2 saturated heterocycles. The van der Waals surface area contributed by atoms with Crippen molar-refractivity contribution in [3.63, 3.8) is 0 Å². The number of hydrogen-bond donors (Lipinski definition) is 1. The highest BCUT2D eigenvalue weighted by Gasteiger charge is 2.30. The highest BCUT2D eigenvalue weighted by Crippen LogP contribution is 2.30. The van der Waals surface area contributed by atoms with E-state index in [1.807, 2.05) is 0 Å². The van der Waals surface area contributed by atoms with Crippen LogP contribution in [0.15, 0.2) is 24.3 Å². The minimum atomic E-state index is -4.35. The van der Waals surface area contributed by atoms with Crippen LogP contribution in [-0.2, 0) is 6.18 Å². The number of alkyl halides is 3. The minimum Gasteiger partial charge on any atom is -0.491 e. The van der Waals surface area contributed by atoms with Crippen LogP contribution in [0.3, 0.4) is 0 Å². The molecule has 0 bridgehead atoms. The van der Waals surface area contributed by atoms with Gasteiger partial charge in [0.25, 0.3) is 0 Å². The Labute approximate surface area is 152 Å². The Kier molecular flexibility index (Phi) is 6.42. The molecule has 0 spiro atoms. The van der Waals surface area contributed by atoms with E-state index in [9.17, 15) is 18.3 Å². The van der Waals surface area contributed by atoms with Crippen LogP contribution in [0, 0.1) is 0 Å². The second kappa shape index (κ2) is 8.59. The van der Waals surface area contributed by atoms with E-state index in [1.165, 1.54) is 38.1 Å². The Morgan fingerprint density at radius 1 is 1.04 bits per heavy atom. The summed E-state index contributed by atoms with van der Waals surface area (Å²) in [5, 5.41) is 10.2. The Morgan fingerprint density at radius 2 is 1.65 bits per heavy atom. The third-order valence-corrected chi connectivity index (χ3v) is 5.31. The summed E-state index contributed by atoms with van der Waals surface area (Å²) in [5.41, 5.74) is -0.703. The van der Waals surface area contributed by atoms with Crippen molar-refractivity contribution < 1.29 is 23.0 Å². The predicted octanol–water partition coefficient (Wildman–Crippen LogP) is 3.01. The maximum Gasteiger partial charge on any atom is 0.416 e. The van der Waals surface area contributed by atoms with E-state index >= 15 is 0 Å². The van der Waals surface area contributed by atoms with Crippen molar-refractivity contribution in [2.24, 2.45) is 0 Å². The number of ether oxygens (including phenoxy) is 1. The zero-order valence-electron chi connectivity index (χ0n) is 14.9. The van der Waals surface area contributed by atoms with E-state index in [0.29, 0.717) is 18.3 Å². The molecule has 3 rings (SSSR count). The van der Waals surface area contributed by atoms with Gasteiger partial charge in [-0.15, -0.1) is 0 Å². The average molecular weight is 372 g/mol. The Bertz CT molecular complexity index is 551. The molecule has 7 heteroatoms. The van der Waals surface area contributed by atoms with Crippen molar-refractivity contribution in [3.8, 4) is 5.75 Å². The number of benzene rings is 1. The van der Waals surface area contributed by atoms with Gasteiger partial charge in [-0.25, -0.2) is 0 Å². The van der Waals surface area contributed by atoms with Gasteiger partial charge in [-0.1, -0.05) is 0 Å². The molecule has 2 aliphatic heterocycles. The topological polar surface area (TPSA) is 35.9 Å². The van der Waals surface area contributed by atoms with Crippen molar-refractivity contribution in [2.75, 3.05) is 39.3 Å². The van der Waals surface area contributed by atoms with Crippen molar-refractivity contribution in [1.82, 2.24) is 9.80 Å². The normalized spacial score (nSPS) is 21.8. The SMILES string of the molecule is OC(COc1ccc(C(F)(F)F)cc1)CN1CCC(N2CCCC2)CC1. The van der Waals surface area contributed by atoms with Crippen LogP contribution in [0.5, 0.6) is 5.75 Å². The molecule has 1 atom stereocenters. The second-order valence-corrected chi connectivity index (χ2v) is 7.26. The lowest BCUT2D eigenvalue weighted by Gasteiger charge is -2.37. The van der Waals surface area contributed by atoms with Gasteiger partial charge in [0.1, 0.15) is 18.5 Å². The first-order chi connectivity index (χ1) is 12.4. The summed E-state index contributed by atoms with van der Waals surface area (Å²) >= 11 is 0. The smallest absolute Gasteiger partial charge is 0.416 e. The molecule has 4 nitrogen and oxygen atoms in total.